The van der Waals surface area contributed by atoms with E-state index in [2.05, 4.69) is 28.9 Å². The molecule has 1 fully saturated rings. The fourth-order valence-corrected chi connectivity index (χ4v) is 3.77. The monoisotopic (exact) mass is 369 g/mol. The predicted molar refractivity (Wildman–Crippen MR) is 89.0 cm³/mol. The topological polar surface area (TPSA) is 44.0 Å². The number of nitriles is 1. The van der Waals surface area contributed by atoms with Crippen LogP contribution in [0.5, 0.6) is 0 Å². The minimum absolute atomic E-state index is 0.569. The van der Waals surface area contributed by atoms with Crippen molar-refractivity contribution in [3.63, 3.8) is 0 Å². The molecule has 4 heteroatoms. The molecule has 1 aliphatic carbocycles. The molecule has 0 heterocycles. The van der Waals surface area contributed by atoms with E-state index in [-0.39, 0.29) is 0 Å². The molecule has 0 saturated heterocycles. The molecule has 1 unspecified atom stereocenters. The summed E-state index contributed by atoms with van der Waals surface area (Å²) < 4.78 is 0.803. The maximum Gasteiger partial charge on any atom is 0.0976 e. The van der Waals surface area contributed by atoms with Gasteiger partial charge in [0.05, 0.1) is 22.6 Å². The molecular weight excluding hydrogens is 350 g/mol. The number of nitrogens with zero attached hydrogens (tertiary/aromatic N) is 1. The molecule has 2 nitrogen and oxygen atoms in total. The van der Waals surface area contributed by atoms with E-state index < -0.39 is 11.5 Å². The molecule has 114 valence electrons. The average Bonchev–Trinajstić information content (AvgIpc) is 2.51. The lowest BCUT2D eigenvalue weighted by molar-refractivity contribution is 0.0236. The predicted octanol–water partition coefficient (Wildman–Crippen LogP) is 5.64. The molecule has 1 atom stereocenters. The van der Waals surface area contributed by atoms with Gasteiger partial charge in [-0.05, 0) is 65.2 Å². The Morgan fingerprint density at radius 2 is 2.14 bits per heavy atom. The minimum atomic E-state index is -0.768. The van der Waals surface area contributed by atoms with Crippen LogP contribution >= 0.6 is 27.5 Å². The first-order valence-corrected chi connectivity index (χ1v) is 8.74. The Kier molecular flexibility index (Phi) is 5.71. The Labute approximate surface area is 140 Å². The van der Waals surface area contributed by atoms with Gasteiger partial charge in [0.1, 0.15) is 0 Å². The lowest BCUT2D eigenvalue weighted by Gasteiger charge is -2.38. The number of aliphatic hydroxyl groups excluding tert-OH is 1. The summed E-state index contributed by atoms with van der Waals surface area (Å²) >= 11 is 9.46. The Morgan fingerprint density at radius 1 is 1.48 bits per heavy atom. The second kappa shape index (κ2) is 7.13. The zero-order chi connectivity index (χ0) is 15.5. The number of aliphatic hydroxyl groups is 1. The minimum Gasteiger partial charge on any atom is -0.387 e. The third kappa shape index (κ3) is 3.62. The van der Waals surface area contributed by atoms with Crippen LogP contribution in [0.25, 0.3) is 0 Å². The van der Waals surface area contributed by atoms with Crippen LogP contribution in [0.15, 0.2) is 22.7 Å². The summed E-state index contributed by atoms with van der Waals surface area (Å²) in [6.07, 6.45) is 5.24. The molecule has 0 radical (unpaired) electrons. The van der Waals surface area contributed by atoms with Crippen molar-refractivity contribution >= 4 is 27.5 Å². The van der Waals surface area contributed by atoms with E-state index in [1.54, 1.807) is 6.07 Å². The maximum atomic E-state index is 10.7. The van der Waals surface area contributed by atoms with E-state index in [1.807, 2.05) is 12.1 Å². The fourth-order valence-electron chi connectivity index (χ4n) is 3.34. The van der Waals surface area contributed by atoms with Crippen molar-refractivity contribution in [2.75, 3.05) is 0 Å². The quantitative estimate of drug-likeness (QED) is 0.745. The van der Waals surface area contributed by atoms with Crippen LogP contribution in [-0.2, 0) is 0 Å². The molecule has 0 bridgehead atoms. The lowest BCUT2D eigenvalue weighted by Crippen LogP contribution is -2.32. The molecule has 1 saturated carbocycles. The molecule has 1 N–H and O–H groups in total. The van der Waals surface area contributed by atoms with Crippen LogP contribution in [0, 0.1) is 22.7 Å². The molecular formula is C17H21BrClNO. The standard InChI is InChI=1S/C17H21BrClNO/c1-2-3-12-6-8-17(11-20,9-7-12)16(21)13-4-5-14(18)15(19)10-13/h4-5,10,12,16,21H,2-3,6-9H2,1H3. The third-order valence-electron chi connectivity index (χ3n) is 4.70. The van der Waals surface area contributed by atoms with Gasteiger partial charge in [0, 0.05) is 4.47 Å². The zero-order valence-electron chi connectivity index (χ0n) is 12.3. The molecule has 1 aromatic carbocycles. The molecule has 0 aromatic heterocycles. The highest BCUT2D eigenvalue weighted by atomic mass is 79.9. The zero-order valence-corrected chi connectivity index (χ0v) is 14.6. The van der Waals surface area contributed by atoms with Crippen LogP contribution in [0.3, 0.4) is 0 Å². The first-order chi connectivity index (χ1) is 10.0. The Morgan fingerprint density at radius 3 is 2.67 bits per heavy atom. The van der Waals surface area contributed by atoms with E-state index in [4.69, 9.17) is 11.6 Å². The second-order valence-electron chi connectivity index (χ2n) is 6.08. The molecule has 1 aliphatic rings. The van der Waals surface area contributed by atoms with Crippen molar-refractivity contribution in [3.05, 3.63) is 33.3 Å². The highest BCUT2D eigenvalue weighted by Crippen LogP contribution is 2.48. The van der Waals surface area contributed by atoms with Crippen molar-refractivity contribution in [2.45, 2.75) is 51.6 Å². The number of halogens is 2. The van der Waals surface area contributed by atoms with Crippen LogP contribution in [-0.4, -0.2) is 5.11 Å². The Hall–Kier alpha value is -0.560. The molecule has 0 amide bonds. The SMILES string of the molecule is CCCC1CCC(C#N)(C(O)c2ccc(Br)c(Cl)c2)CC1. The van der Waals surface area contributed by atoms with Gasteiger partial charge in [-0.15, -0.1) is 0 Å². The van der Waals surface area contributed by atoms with Crippen LogP contribution < -0.4 is 0 Å². The number of hydrogen-bond acceptors (Lipinski definition) is 2. The first kappa shape index (κ1) is 16.8. The molecule has 1 aromatic rings. The van der Waals surface area contributed by atoms with Gasteiger partial charge < -0.3 is 5.11 Å². The van der Waals surface area contributed by atoms with Crippen LogP contribution in [0.2, 0.25) is 5.02 Å². The van der Waals surface area contributed by atoms with Crippen molar-refractivity contribution in [2.24, 2.45) is 11.3 Å². The number of benzene rings is 1. The van der Waals surface area contributed by atoms with Gasteiger partial charge in [0.15, 0.2) is 0 Å². The summed E-state index contributed by atoms with van der Waals surface area (Å²) in [5, 5.41) is 21.0. The fraction of sp³-hybridized carbons (Fsp3) is 0.588. The highest BCUT2D eigenvalue weighted by Gasteiger charge is 2.42. The third-order valence-corrected chi connectivity index (χ3v) is 5.93. The van der Waals surface area contributed by atoms with E-state index in [0.29, 0.717) is 10.9 Å². The van der Waals surface area contributed by atoms with E-state index >= 15 is 0 Å². The first-order valence-electron chi connectivity index (χ1n) is 7.56. The van der Waals surface area contributed by atoms with E-state index in [1.165, 1.54) is 12.8 Å². The molecule has 21 heavy (non-hydrogen) atoms. The van der Waals surface area contributed by atoms with Gasteiger partial charge in [-0.2, -0.15) is 5.26 Å². The van der Waals surface area contributed by atoms with Gasteiger partial charge in [-0.1, -0.05) is 37.4 Å². The number of hydrogen-bond donors (Lipinski definition) is 1. The van der Waals surface area contributed by atoms with Crippen molar-refractivity contribution in [3.8, 4) is 6.07 Å². The summed E-state index contributed by atoms with van der Waals surface area (Å²) in [5.41, 5.74) is 0.0696. The Balaban J connectivity index is 2.17. The van der Waals surface area contributed by atoms with E-state index in [0.717, 1.165) is 35.7 Å². The summed E-state index contributed by atoms with van der Waals surface area (Å²) in [6.45, 7) is 2.20. The van der Waals surface area contributed by atoms with Gasteiger partial charge in [-0.3, -0.25) is 0 Å². The van der Waals surface area contributed by atoms with Gasteiger partial charge in [0.2, 0.25) is 0 Å². The lowest BCUT2D eigenvalue weighted by atomic mass is 9.66. The van der Waals surface area contributed by atoms with Crippen LogP contribution in [0.4, 0.5) is 0 Å². The smallest absolute Gasteiger partial charge is 0.0976 e. The highest BCUT2D eigenvalue weighted by molar-refractivity contribution is 9.10. The number of rotatable bonds is 4. The summed E-state index contributed by atoms with van der Waals surface area (Å²) in [5.74, 6) is 0.706. The van der Waals surface area contributed by atoms with Crippen LogP contribution in [0.1, 0.15) is 57.1 Å². The van der Waals surface area contributed by atoms with Gasteiger partial charge in [0.25, 0.3) is 0 Å². The summed E-state index contributed by atoms with van der Waals surface area (Å²) in [6, 6.07) is 7.84. The molecule has 2 rings (SSSR count). The normalized spacial score (nSPS) is 27.1. The molecule has 0 spiro atoms. The van der Waals surface area contributed by atoms with Crippen molar-refractivity contribution < 1.29 is 5.11 Å². The maximum absolute atomic E-state index is 10.7. The largest absolute Gasteiger partial charge is 0.387 e. The van der Waals surface area contributed by atoms with Gasteiger partial charge >= 0.3 is 0 Å². The van der Waals surface area contributed by atoms with E-state index in [9.17, 15) is 10.4 Å². The Bertz CT molecular complexity index is 532. The van der Waals surface area contributed by atoms with Crippen molar-refractivity contribution in [1.82, 2.24) is 0 Å². The average molecular weight is 371 g/mol. The van der Waals surface area contributed by atoms with Gasteiger partial charge in [-0.25, -0.2) is 0 Å². The molecule has 0 aliphatic heterocycles. The summed E-state index contributed by atoms with van der Waals surface area (Å²) in [7, 11) is 0. The second-order valence-corrected chi connectivity index (χ2v) is 7.34. The van der Waals surface area contributed by atoms with Crippen molar-refractivity contribution in [1.29, 1.82) is 5.26 Å². The summed E-state index contributed by atoms with van der Waals surface area (Å²) in [4.78, 5) is 0.